The summed E-state index contributed by atoms with van der Waals surface area (Å²) in [5.41, 5.74) is 0. The normalized spacial score (nSPS) is 15.6. The number of thioether (sulfide) groups is 1. The van der Waals surface area contributed by atoms with E-state index >= 15 is 0 Å². The van der Waals surface area contributed by atoms with Crippen molar-refractivity contribution < 1.29 is 5.11 Å². The summed E-state index contributed by atoms with van der Waals surface area (Å²) in [5, 5.41) is 13.8. The van der Waals surface area contributed by atoms with Crippen molar-refractivity contribution in [3.05, 3.63) is 10.6 Å². The van der Waals surface area contributed by atoms with Crippen molar-refractivity contribution in [2.45, 2.75) is 32.2 Å². The van der Waals surface area contributed by atoms with Crippen molar-refractivity contribution in [3.63, 3.8) is 0 Å². The molecule has 0 atom stereocenters. The maximum atomic E-state index is 9.35. The number of rotatable bonds is 7. The number of aliphatic hydroxyl groups is 1. The Morgan fingerprint density at radius 3 is 2.83 bits per heavy atom. The lowest BCUT2D eigenvalue weighted by atomic mass is 10.6. The molecule has 1 aliphatic carbocycles. The molecule has 18 heavy (non-hydrogen) atoms. The van der Waals surface area contributed by atoms with Gasteiger partial charge in [-0.25, -0.2) is 4.68 Å². The van der Waals surface area contributed by atoms with Crippen LogP contribution in [0.1, 0.15) is 24.7 Å². The molecule has 7 heteroatoms. The second kappa shape index (κ2) is 6.18. The van der Waals surface area contributed by atoms with Crippen LogP contribution in [0.15, 0.2) is 0 Å². The number of aromatic nitrogens is 3. The summed E-state index contributed by atoms with van der Waals surface area (Å²) in [5.74, 6) is 1.79. The SMILES string of the molecule is CSCCN(C)Cn1nc(CO)n(C2CC2)c1=S. The van der Waals surface area contributed by atoms with E-state index in [0.717, 1.165) is 29.9 Å². The number of hydrogen-bond donors (Lipinski definition) is 1. The molecule has 0 radical (unpaired) electrons. The Balaban J connectivity index is 2.11. The highest BCUT2D eigenvalue weighted by Gasteiger charge is 2.28. The Morgan fingerprint density at radius 2 is 2.28 bits per heavy atom. The molecule has 5 nitrogen and oxygen atoms in total. The van der Waals surface area contributed by atoms with E-state index in [-0.39, 0.29) is 6.61 Å². The smallest absolute Gasteiger partial charge is 0.199 e. The highest BCUT2D eigenvalue weighted by atomic mass is 32.2. The summed E-state index contributed by atoms with van der Waals surface area (Å²) in [4.78, 5) is 2.19. The highest BCUT2D eigenvalue weighted by Crippen LogP contribution is 2.36. The van der Waals surface area contributed by atoms with E-state index < -0.39 is 0 Å². The van der Waals surface area contributed by atoms with Crippen molar-refractivity contribution in [1.29, 1.82) is 0 Å². The molecule has 0 amide bonds. The molecule has 0 unspecified atom stereocenters. The molecule has 0 aliphatic heterocycles. The van der Waals surface area contributed by atoms with Gasteiger partial charge < -0.3 is 5.11 Å². The first-order valence-electron chi connectivity index (χ1n) is 6.14. The number of hydrogen-bond acceptors (Lipinski definition) is 5. The van der Waals surface area contributed by atoms with Crippen molar-refractivity contribution >= 4 is 24.0 Å². The molecule has 1 aromatic rings. The van der Waals surface area contributed by atoms with Gasteiger partial charge in [-0.05, 0) is 38.4 Å². The fourth-order valence-corrected chi connectivity index (χ4v) is 2.76. The Kier molecular flexibility index (Phi) is 4.83. The first kappa shape index (κ1) is 14.0. The standard InChI is InChI=1S/C11H20N4OS2/c1-13(5-6-18-2)8-14-11(17)15(9-3-4-9)10(7-16)12-14/h9,16H,3-8H2,1-2H3. The monoisotopic (exact) mass is 288 g/mol. The lowest BCUT2D eigenvalue weighted by molar-refractivity contribution is 0.252. The molecule has 0 saturated heterocycles. The summed E-state index contributed by atoms with van der Waals surface area (Å²) < 4.78 is 4.56. The third-order valence-corrected chi connectivity index (χ3v) is 4.05. The molecule has 102 valence electrons. The van der Waals surface area contributed by atoms with E-state index in [9.17, 15) is 5.11 Å². The molecule has 0 aromatic carbocycles. The largest absolute Gasteiger partial charge is 0.388 e. The van der Waals surface area contributed by atoms with E-state index in [1.54, 1.807) is 0 Å². The van der Waals surface area contributed by atoms with Gasteiger partial charge in [-0.2, -0.15) is 16.9 Å². The van der Waals surface area contributed by atoms with Gasteiger partial charge in [0.25, 0.3) is 0 Å². The van der Waals surface area contributed by atoms with Crippen LogP contribution in [0.5, 0.6) is 0 Å². The number of aliphatic hydroxyl groups excluding tert-OH is 1. The van der Waals surface area contributed by atoms with Crippen LogP contribution in [0.3, 0.4) is 0 Å². The van der Waals surface area contributed by atoms with Gasteiger partial charge in [0.15, 0.2) is 10.6 Å². The van der Waals surface area contributed by atoms with Crippen LogP contribution in [-0.4, -0.2) is 50.0 Å². The van der Waals surface area contributed by atoms with Crippen molar-refractivity contribution in [2.75, 3.05) is 25.6 Å². The van der Waals surface area contributed by atoms with Crippen LogP contribution in [0, 0.1) is 4.77 Å². The molecule has 2 rings (SSSR count). The molecule has 1 heterocycles. The van der Waals surface area contributed by atoms with Crippen LogP contribution in [0.25, 0.3) is 0 Å². The van der Waals surface area contributed by atoms with Crippen LogP contribution in [0.4, 0.5) is 0 Å². The van der Waals surface area contributed by atoms with Gasteiger partial charge in [0.05, 0.1) is 6.67 Å². The fraction of sp³-hybridized carbons (Fsp3) is 0.818. The Labute approximate surface area is 117 Å². The average molecular weight is 288 g/mol. The maximum Gasteiger partial charge on any atom is 0.199 e. The molecule has 0 spiro atoms. The molecule has 1 saturated carbocycles. The van der Waals surface area contributed by atoms with Gasteiger partial charge >= 0.3 is 0 Å². The highest BCUT2D eigenvalue weighted by molar-refractivity contribution is 7.98. The van der Waals surface area contributed by atoms with Crippen LogP contribution >= 0.6 is 24.0 Å². The zero-order chi connectivity index (χ0) is 13.1. The minimum atomic E-state index is -0.0400. The average Bonchev–Trinajstić information content (AvgIpc) is 3.14. The Morgan fingerprint density at radius 1 is 1.56 bits per heavy atom. The van der Waals surface area contributed by atoms with E-state index in [4.69, 9.17) is 12.2 Å². The molecule has 1 aliphatic rings. The molecule has 0 bridgehead atoms. The first-order valence-corrected chi connectivity index (χ1v) is 7.94. The minimum Gasteiger partial charge on any atom is -0.388 e. The Hall–Kier alpha value is -0.370. The molecule has 1 fully saturated rings. The van der Waals surface area contributed by atoms with Crippen LogP contribution in [0.2, 0.25) is 0 Å². The molecule has 1 N–H and O–H groups in total. The van der Waals surface area contributed by atoms with Crippen LogP contribution < -0.4 is 0 Å². The van der Waals surface area contributed by atoms with Crippen molar-refractivity contribution in [3.8, 4) is 0 Å². The van der Waals surface area contributed by atoms with Gasteiger partial charge in [-0.15, -0.1) is 0 Å². The topological polar surface area (TPSA) is 46.2 Å². The van der Waals surface area contributed by atoms with E-state index in [1.807, 2.05) is 21.0 Å². The van der Waals surface area contributed by atoms with Gasteiger partial charge in [0, 0.05) is 18.3 Å². The summed E-state index contributed by atoms with van der Waals surface area (Å²) in [6, 6.07) is 0.463. The predicted molar refractivity (Wildman–Crippen MR) is 76.3 cm³/mol. The third-order valence-electron chi connectivity index (χ3n) is 3.05. The second-order valence-corrected chi connectivity index (χ2v) is 6.02. The molecular weight excluding hydrogens is 268 g/mol. The van der Waals surface area contributed by atoms with E-state index in [1.165, 1.54) is 0 Å². The van der Waals surface area contributed by atoms with Gasteiger partial charge in [-0.3, -0.25) is 9.47 Å². The lowest BCUT2D eigenvalue weighted by Gasteiger charge is -2.15. The summed E-state index contributed by atoms with van der Waals surface area (Å²) in [7, 11) is 2.06. The number of nitrogens with zero attached hydrogens (tertiary/aromatic N) is 4. The van der Waals surface area contributed by atoms with Gasteiger partial charge in [0.2, 0.25) is 0 Å². The lowest BCUT2D eigenvalue weighted by Crippen LogP contribution is -2.25. The summed E-state index contributed by atoms with van der Waals surface area (Å²) in [6.07, 6.45) is 4.40. The summed E-state index contributed by atoms with van der Waals surface area (Å²) in [6.45, 7) is 1.65. The quantitative estimate of drug-likeness (QED) is 0.770. The van der Waals surface area contributed by atoms with Crippen molar-refractivity contribution in [2.24, 2.45) is 0 Å². The second-order valence-electron chi connectivity index (χ2n) is 4.67. The van der Waals surface area contributed by atoms with Gasteiger partial charge in [0.1, 0.15) is 6.61 Å². The van der Waals surface area contributed by atoms with E-state index in [0.29, 0.717) is 18.5 Å². The molecule has 1 aromatic heterocycles. The van der Waals surface area contributed by atoms with Crippen LogP contribution in [-0.2, 0) is 13.3 Å². The maximum absolute atomic E-state index is 9.35. The fourth-order valence-electron chi connectivity index (χ4n) is 1.91. The first-order chi connectivity index (χ1) is 8.67. The predicted octanol–water partition coefficient (Wildman–Crippen LogP) is 1.49. The molecular formula is C11H20N4OS2. The van der Waals surface area contributed by atoms with Gasteiger partial charge in [-0.1, -0.05) is 0 Å². The minimum absolute atomic E-state index is 0.0400. The zero-order valence-corrected chi connectivity index (χ0v) is 12.5. The zero-order valence-electron chi connectivity index (χ0n) is 10.9. The Bertz CT molecular complexity index is 452. The van der Waals surface area contributed by atoms with Crippen molar-refractivity contribution in [1.82, 2.24) is 19.2 Å². The van der Waals surface area contributed by atoms with E-state index in [2.05, 4.69) is 23.3 Å². The third kappa shape index (κ3) is 3.14. The summed E-state index contributed by atoms with van der Waals surface area (Å²) >= 11 is 7.28.